The van der Waals surface area contributed by atoms with E-state index in [0.717, 1.165) is 22.4 Å². The molecule has 3 aromatic rings. The minimum atomic E-state index is -3.65. The fraction of sp³-hybridized carbons (Fsp3) is 0.200. The summed E-state index contributed by atoms with van der Waals surface area (Å²) in [6.07, 6.45) is 3.70. The summed E-state index contributed by atoms with van der Waals surface area (Å²) in [5, 5.41) is 1.74. The number of anilines is 1. The molecule has 4 rings (SSSR count). The average Bonchev–Trinajstić information content (AvgIpc) is 2.83. The van der Waals surface area contributed by atoms with Gasteiger partial charge in [0.05, 0.1) is 25.4 Å². The van der Waals surface area contributed by atoms with E-state index in [1.807, 2.05) is 97.9 Å². The largest absolute Gasteiger partial charge is 0.366 e. The first-order valence-electron chi connectivity index (χ1n) is 10.3. The van der Waals surface area contributed by atoms with Crippen LogP contribution < -0.4 is 5.06 Å². The summed E-state index contributed by atoms with van der Waals surface area (Å²) in [7, 11) is -3.65. The van der Waals surface area contributed by atoms with Gasteiger partial charge in [-0.05, 0) is 35.8 Å². The van der Waals surface area contributed by atoms with Crippen molar-refractivity contribution in [3.8, 4) is 0 Å². The molecule has 1 aliphatic rings. The first kappa shape index (κ1) is 21.5. The van der Waals surface area contributed by atoms with Gasteiger partial charge >= 0.3 is 7.60 Å². The van der Waals surface area contributed by atoms with Crippen LogP contribution in [0.4, 0.5) is 5.69 Å². The summed E-state index contributed by atoms with van der Waals surface area (Å²) >= 11 is 0. The number of nitrogens with zero attached hydrogens (tertiary/aromatic N) is 1. The van der Waals surface area contributed by atoms with E-state index in [9.17, 15) is 4.57 Å². The summed E-state index contributed by atoms with van der Waals surface area (Å²) in [6.45, 7) is 2.91. The molecule has 1 heterocycles. The molecule has 3 aromatic carbocycles. The molecule has 0 N–H and O–H groups in total. The van der Waals surface area contributed by atoms with Crippen LogP contribution >= 0.6 is 7.60 Å². The maximum Gasteiger partial charge on any atom is 0.366 e. The van der Waals surface area contributed by atoms with Gasteiger partial charge in [-0.25, -0.2) is 5.06 Å². The Kier molecular flexibility index (Phi) is 7.00. The number of benzene rings is 3. The minimum absolute atomic E-state index is 0.172. The van der Waals surface area contributed by atoms with Gasteiger partial charge < -0.3 is 9.05 Å². The van der Waals surface area contributed by atoms with Gasteiger partial charge in [-0.15, -0.1) is 0 Å². The van der Waals surface area contributed by atoms with E-state index in [1.165, 1.54) is 0 Å². The second-order valence-corrected chi connectivity index (χ2v) is 9.43. The Morgan fingerprint density at radius 1 is 0.871 bits per heavy atom. The maximum atomic E-state index is 13.9. The van der Waals surface area contributed by atoms with Crippen molar-refractivity contribution in [1.82, 2.24) is 0 Å². The van der Waals surface area contributed by atoms with Crippen molar-refractivity contribution in [1.29, 1.82) is 0 Å². The van der Waals surface area contributed by atoms with Gasteiger partial charge in [-0.2, -0.15) is 0 Å². The van der Waals surface area contributed by atoms with Crippen LogP contribution in [0.15, 0.2) is 97.1 Å². The van der Waals surface area contributed by atoms with E-state index in [2.05, 4.69) is 0 Å². The third kappa shape index (κ3) is 5.52. The molecule has 160 valence electrons. The second-order valence-electron chi connectivity index (χ2n) is 7.33. The number of hydrogen-bond acceptors (Lipinski definition) is 5. The van der Waals surface area contributed by atoms with E-state index in [1.54, 1.807) is 11.1 Å². The first-order valence-corrected chi connectivity index (χ1v) is 11.9. The smallest absolute Gasteiger partial charge is 0.302 e. The molecular weight excluding hydrogens is 409 g/mol. The van der Waals surface area contributed by atoms with Crippen LogP contribution in [0.2, 0.25) is 0 Å². The predicted octanol–water partition coefficient (Wildman–Crippen LogP) is 6.26. The van der Waals surface area contributed by atoms with E-state index >= 15 is 0 Å². The first-order chi connectivity index (χ1) is 15.1. The highest BCUT2D eigenvalue weighted by Crippen LogP contribution is 2.56. The Balaban J connectivity index is 1.55. The molecule has 1 aliphatic heterocycles. The predicted molar refractivity (Wildman–Crippen MR) is 123 cm³/mol. The fourth-order valence-electron chi connectivity index (χ4n) is 3.30. The van der Waals surface area contributed by atoms with Gasteiger partial charge in [0.15, 0.2) is 0 Å². The number of rotatable bonds is 8. The standard InChI is InChI=1S/C25H26NO4P/c1-21-11-8-9-16-24(21)26-18-10-17-25(30-26)31(27,28-19-22-12-4-2-5-13-22)29-20-23-14-6-3-7-15-23/h2-17,25H,18-20H2,1H3. The highest BCUT2D eigenvalue weighted by Gasteiger charge is 2.39. The SMILES string of the molecule is Cc1ccccc1N1CC=CC(P(=O)(OCc2ccccc2)OCc2ccccc2)O1. The lowest BCUT2D eigenvalue weighted by Crippen LogP contribution is -2.34. The van der Waals surface area contributed by atoms with Crippen molar-refractivity contribution >= 4 is 13.3 Å². The normalized spacial score (nSPS) is 16.4. The number of hydrogen-bond donors (Lipinski definition) is 0. The van der Waals surface area contributed by atoms with Crippen LogP contribution in [0.25, 0.3) is 0 Å². The molecule has 0 aliphatic carbocycles. The Morgan fingerprint density at radius 2 is 1.42 bits per heavy atom. The summed E-state index contributed by atoms with van der Waals surface area (Å²) in [5.41, 5.74) is 3.83. The molecule has 0 amide bonds. The molecule has 5 nitrogen and oxygen atoms in total. The quantitative estimate of drug-likeness (QED) is 0.309. The van der Waals surface area contributed by atoms with Crippen molar-refractivity contribution in [2.24, 2.45) is 0 Å². The molecule has 0 aromatic heterocycles. The van der Waals surface area contributed by atoms with Gasteiger partial charge in [0.1, 0.15) is 0 Å². The topological polar surface area (TPSA) is 48.0 Å². The van der Waals surface area contributed by atoms with Crippen LogP contribution in [0, 0.1) is 6.92 Å². The number of para-hydroxylation sites is 1. The third-order valence-electron chi connectivity index (χ3n) is 5.01. The van der Waals surface area contributed by atoms with E-state index in [-0.39, 0.29) is 13.2 Å². The molecule has 0 spiro atoms. The number of aryl methyl sites for hydroxylation is 1. The monoisotopic (exact) mass is 435 g/mol. The zero-order valence-electron chi connectivity index (χ0n) is 17.5. The highest BCUT2D eigenvalue weighted by atomic mass is 31.2. The summed E-state index contributed by atoms with van der Waals surface area (Å²) in [5.74, 6) is -0.840. The average molecular weight is 435 g/mol. The summed E-state index contributed by atoms with van der Waals surface area (Å²) in [4.78, 5) is 6.13. The van der Waals surface area contributed by atoms with E-state index in [0.29, 0.717) is 6.54 Å². The third-order valence-corrected chi connectivity index (χ3v) is 6.88. The maximum absolute atomic E-state index is 13.9. The molecular formula is C25H26NO4P. The second kappa shape index (κ2) is 10.1. The molecule has 31 heavy (non-hydrogen) atoms. The van der Waals surface area contributed by atoms with Crippen LogP contribution in [0.3, 0.4) is 0 Å². The van der Waals surface area contributed by atoms with Gasteiger partial charge in [0, 0.05) is 0 Å². The fourth-order valence-corrected chi connectivity index (χ4v) is 4.89. The Morgan fingerprint density at radius 3 is 2.00 bits per heavy atom. The van der Waals surface area contributed by atoms with Crippen molar-refractivity contribution in [3.05, 3.63) is 114 Å². The molecule has 0 saturated heterocycles. The zero-order chi connectivity index (χ0) is 21.5. The van der Waals surface area contributed by atoms with Crippen molar-refractivity contribution in [2.45, 2.75) is 26.0 Å². The Hall–Kier alpha value is -2.69. The van der Waals surface area contributed by atoms with Gasteiger partial charge in [-0.1, -0.05) is 84.9 Å². The zero-order valence-corrected chi connectivity index (χ0v) is 18.4. The van der Waals surface area contributed by atoms with Gasteiger partial charge in [-0.3, -0.25) is 9.40 Å². The molecule has 1 atom stereocenters. The van der Waals surface area contributed by atoms with Crippen molar-refractivity contribution in [3.63, 3.8) is 0 Å². The molecule has 6 heteroatoms. The van der Waals surface area contributed by atoms with Crippen LogP contribution in [-0.2, 0) is 31.7 Å². The molecule has 0 fully saturated rings. The lowest BCUT2D eigenvalue weighted by Gasteiger charge is -2.34. The lowest BCUT2D eigenvalue weighted by atomic mass is 10.2. The highest BCUT2D eigenvalue weighted by molar-refractivity contribution is 7.54. The lowest BCUT2D eigenvalue weighted by molar-refractivity contribution is 0.0673. The Bertz CT molecular complexity index is 1010. The van der Waals surface area contributed by atoms with Crippen LogP contribution in [-0.4, -0.2) is 12.4 Å². The summed E-state index contributed by atoms with van der Waals surface area (Å²) in [6, 6.07) is 27.2. The van der Waals surface area contributed by atoms with Crippen molar-refractivity contribution < 1.29 is 18.5 Å². The Labute approximate surface area is 183 Å². The molecule has 0 saturated carbocycles. The van der Waals surface area contributed by atoms with Crippen LogP contribution in [0.1, 0.15) is 16.7 Å². The molecule has 0 bridgehead atoms. The van der Waals surface area contributed by atoms with Crippen LogP contribution in [0.5, 0.6) is 0 Å². The molecule has 1 unspecified atom stereocenters. The van der Waals surface area contributed by atoms with Crippen molar-refractivity contribution in [2.75, 3.05) is 11.6 Å². The summed E-state index contributed by atoms with van der Waals surface area (Å²) < 4.78 is 25.8. The van der Waals surface area contributed by atoms with E-state index < -0.39 is 13.4 Å². The van der Waals surface area contributed by atoms with Gasteiger partial charge in [0.2, 0.25) is 5.85 Å². The van der Waals surface area contributed by atoms with E-state index in [4.69, 9.17) is 13.9 Å². The van der Waals surface area contributed by atoms with Gasteiger partial charge in [0.25, 0.3) is 0 Å². The number of hydroxylamine groups is 1. The molecule has 0 radical (unpaired) electrons. The minimum Gasteiger partial charge on any atom is -0.302 e.